The van der Waals surface area contributed by atoms with Gasteiger partial charge in [-0.2, -0.15) is 0 Å². The Labute approximate surface area is 218 Å². The zero-order chi connectivity index (χ0) is 26.6. The van der Waals surface area contributed by atoms with Crippen LogP contribution >= 0.6 is 28.1 Å². The number of hydrogen-bond acceptors (Lipinski definition) is 3. The van der Waals surface area contributed by atoms with E-state index in [-0.39, 0.29) is 15.1 Å². The van der Waals surface area contributed by atoms with Crippen LogP contribution < -0.4 is 10.6 Å². The Hall–Kier alpha value is -1.82. The Kier molecular flexibility index (Phi) is 9.65. The van der Waals surface area contributed by atoms with Crippen molar-refractivity contribution in [3.05, 3.63) is 69.9 Å². The first-order chi connectivity index (χ1) is 16.1. The van der Waals surface area contributed by atoms with E-state index in [1.165, 1.54) is 18.2 Å². The van der Waals surface area contributed by atoms with Crippen molar-refractivity contribution in [3.8, 4) is 0 Å². The predicted octanol–water partition coefficient (Wildman–Crippen LogP) is 6.71. The average Bonchev–Trinajstić information content (AvgIpc) is 2.77. The third kappa shape index (κ3) is 6.90. The van der Waals surface area contributed by atoms with Crippen molar-refractivity contribution in [2.45, 2.75) is 57.0 Å². The summed E-state index contributed by atoms with van der Waals surface area (Å²) in [4.78, 5) is 12.5. The van der Waals surface area contributed by atoms with Gasteiger partial charge < -0.3 is 9.74 Å². The molecule has 1 amide bonds. The summed E-state index contributed by atoms with van der Waals surface area (Å²) in [5, 5.41) is 3.63. The molecule has 4 nitrogen and oxygen atoms in total. The third-order valence-electron chi connectivity index (χ3n) is 6.19. The minimum atomic E-state index is -3.46. The zero-order valence-electron chi connectivity index (χ0n) is 20.1. The SMILES string of the molecule is CC(C)(C)[Si](C)(C)OC[C@H](F)[C@](NC(=S)NC(=O)c1ccccc1)(c1cc(Br)ccc1F)C(F)F. The molecular weight excluding hydrogens is 564 g/mol. The molecule has 0 heterocycles. The predicted molar refractivity (Wildman–Crippen MR) is 139 cm³/mol. The molecule has 2 N–H and O–H groups in total. The van der Waals surface area contributed by atoms with Gasteiger partial charge in [0.1, 0.15) is 5.82 Å². The van der Waals surface area contributed by atoms with Gasteiger partial charge in [0.05, 0.1) is 6.61 Å². The van der Waals surface area contributed by atoms with Gasteiger partial charge in [-0.15, -0.1) is 0 Å². The fourth-order valence-electron chi connectivity index (χ4n) is 3.05. The number of benzene rings is 2. The highest BCUT2D eigenvalue weighted by atomic mass is 79.9. The monoisotopic (exact) mass is 592 g/mol. The maximum atomic E-state index is 15.9. The summed E-state index contributed by atoms with van der Waals surface area (Å²) in [6, 6.07) is 11.2. The van der Waals surface area contributed by atoms with E-state index in [0.29, 0.717) is 0 Å². The quantitative estimate of drug-likeness (QED) is 0.203. The minimum Gasteiger partial charge on any atom is -0.414 e. The molecule has 0 aliphatic carbocycles. The minimum absolute atomic E-state index is 0.214. The van der Waals surface area contributed by atoms with Crippen LogP contribution in [0.2, 0.25) is 18.1 Å². The van der Waals surface area contributed by atoms with E-state index in [9.17, 15) is 18.0 Å². The van der Waals surface area contributed by atoms with Crippen LogP contribution in [0.5, 0.6) is 0 Å². The Morgan fingerprint density at radius 1 is 1.11 bits per heavy atom. The second-order valence-electron chi connectivity index (χ2n) is 9.61. The van der Waals surface area contributed by atoms with Crippen LogP contribution in [0.1, 0.15) is 36.7 Å². The van der Waals surface area contributed by atoms with E-state index in [1.54, 1.807) is 18.2 Å². The van der Waals surface area contributed by atoms with Gasteiger partial charge in [0.2, 0.25) is 0 Å². The summed E-state index contributed by atoms with van der Waals surface area (Å²) in [7, 11) is -2.54. The van der Waals surface area contributed by atoms with Crippen molar-refractivity contribution in [1.29, 1.82) is 0 Å². The van der Waals surface area contributed by atoms with Crippen LogP contribution in [0.4, 0.5) is 17.6 Å². The average molecular weight is 594 g/mol. The van der Waals surface area contributed by atoms with E-state index in [4.69, 9.17) is 16.6 Å². The van der Waals surface area contributed by atoms with Crippen LogP contribution in [0.3, 0.4) is 0 Å². The first kappa shape index (κ1) is 29.4. The summed E-state index contributed by atoms with van der Waals surface area (Å²) in [6.45, 7) is 8.74. The number of carbonyl (C=O) groups is 1. The van der Waals surface area contributed by atoms with Crippen LogP contribution in [-0.4, -0.2) is 38.5 Å². The standard InChI is InChI=1S/C24H29BrF4N2O2SSi/c1-23(2,3)35(4,5)33-14-19(27)24(21(28)29,17-13-16(25)11-12-18(17)26)31-22(34)30-20(32)15-9-7-6-8-10-15/h6-13,19,21H,14H2,1-5H3,(H2,30,31,32,34)/t19-,24+/m0/s1. The number of nitrogens with one attached hydrogen (secondary N) is 2. The van der Waals surface area contributed by atoms with E-state index in [2.05, 4.69) is 26.6 Å². The molecule has 2 aromatic carbocycles. The Balaban J connectivity index is 2.47. The second-order valence-corrected chi connectivity index (χ2v) is 15.7. The van der Waals surface area contributed by atoms with Gasteiger partial charge in [0.15, 0.2) is 25.1 Å². The van der Waals surface area contributed by atoms with Gasteiger partial charge in [-0.1, -0.05) is 54.9 Å². The first-order valence-electron chi connectivity index (χ1n) is 10.8. The van der Waals surface area contributed by atoms with Crippen molar-refractivity contribution in [3.63, 3.8) is 0 Å². The van der Waals surface area contributed by atoms with Gasteiger partial charge in [0, 0.05) is 15.6 Å². The molecule has 2 atom stereocenters. The van der Waals surface area contributed by atoms with Crippen molar-refractivity contribution in [2.75, 3.05) is 6.61 Å². The molecule has 192 valence electrons. The number of halogens is 5. The first-order valence-corrected chi connectivity index (χ1v) is 14.9. The molecule has 0 aliphatic rings. The van der Waals surface area contributed by atoms with Crippen LogP contribution in [0.15, 0.2) is 53.0 Å². The van der Waals surface area contributed by atoms with Crippen molar-refractivity contribution >= 4 is 47.5 Å². The summed E-state index contributed by atoms with van der Waals surface area (Å²) in [6.07, 6.45) is -5.89. The van der Waals surface area contributed by atoms with Crippen LogP contribution in [0.25, 0.3) is 0 Å². The fourth-order valence-corrected chi connectivity index (χ4v) is 4.67. The molecule has 2 rings (SSSR count). The lowest BCUT2D eigenvalue weighted by Gasteiger charge is -2.41. The summed E-state index contributed by atoms with van der Waals surface area (Å²) >= 11 is 8.23. The van der Waals surface area contributed by atoms with Gasteiger partial charge in [0.25, 0.3) is 12.3 Å². The Bertz CT molecular complexity index is 1050. The van der Waals surface area contributed by atoms with Crippen LogP contribution in [-0.2, 0) is 9.96 Å². The molecule has 11 heteroatoms. The van der Waals surface area contributed by atoms with E-state index in [0.717, 1.165) is 12.1 Å². The second kappa shape index (κ2) is 11.5. The molecular formula is C24H29BrF4N2O2SSi. The summed E-state index contributed by atoms with van der Waals surface area (Å²) < 4.78 is 66.5. The lowest BCUT2D eigenvalue weighted by atomic mass is 9.85. The zero-order valence-corrected chi connectivity index (χ0v) is 23.5. The maximum absolute atomic E-state index is 15.9. The summed E-state index contributed by atoms with van der Waals surface area (Å²) in [5.74, 6) is -1.75. The molecule has 0 unspecified atom stereocenters. The van der Waals surface area contributed by atoms with Crippen molar-refractivity contribution in [1.82, 2.24) is 10.6 Å². The number of rotatable bonds is 8. The third-order valence-corrected chi connectivity index (χ3v) is 11.4. The summed E-state index contributed by atoms with van der Waals surface area (Å²) in [5.41, 5.74) is -3.37. The Morgan fingerprint density at radius 3 is 2.26 bits per heavy atom. The molecule has 0 radical (unpaired) electrons. The highest BCUT2D eigenvalue weighted by molar-refractivity contribution is 9.10. The number of hydrogen-bond donors (Lipinski definition) is 2. The van der Waals surface area contributed by atoms with E-state index in [1.807, 2.05) is 33.9 Å². The molecule has 0 aromatic heterocycles. The van der Waals surface area contributed by atoms with E-state index < -0.39 is 55.5 Å². The van der Waals surface area contributed by atoms with Gasteiger partial charge >= 0.3 is 0 Å². The largest absolute Gasteiger partial charge is 0.414 e. The molecule has 2 aromatic rings. The van der Waals surface area contributed by atoms with Gasteiger partial charge in [-0.25, -0.2) is 17.6 Å². The van der Waals surface area contributed by atoms with Crippen LogP contribution in [0, 0.1) is 5.82 Å². The number of alkyl halides is 3. The van der Waals surface area contributed by atoms with Gasteiger partial charge in [-0.3, -0.25) is 10.1 Å². The lowest BCUT2D eigenvalue weighted by Crippen LogP contribution is -2.62. The highest BCUT2D eigenvalue weighted by Gasteiger charge is 2.53. The van der Waals surface area contributed by atoms with Crippen molar-refractivity contribution < 1.29 is 26.8 Å². The van der Waals surface area contributed by atoms with E-state index >= 15 is 4.39 Å². The van der Waals surface area contributed by atoms with Crippen molar-refractivity contribution in [2.24, 2.45) is 0 Å². The number of carbonyl (C=O) groups excluding carboxylic acids is 1. The number of amides is 1. The lowest BCUT2D eigenvalue weighted by molar-refractivity contribution is -0.0305. The topological polar surface area (TPSA) is 50.4 Å². The molecule has 35 heavy (non-hydrogen) atoms. The molecule has 0 saturated heterocycles. The Morgan fingerprint density at radius 2 is 1.71 bits per heavy atom. The molecule has 0 fully saturated rings. The fraction of sp³-hybridized carbons (Fsp3) is 0.417. The van der Waals surface area contributed by atoms with Gasteiger partial charge in [-0.05, 0) is 60.7 Å². The molecule has 0 saturated carbocycles. The molecule has 0 spiro atoms. The smallest absolute Gasteiger partial charge is 0.268 e. The number of thiocarbonyl (C=S) groups is 1. The highest BCUT2D eigenvalue weighted by Crippen LogP contribution is 2.40. The normalized spacial score (nSPS) is 14.8. The maximum Gasteiger partial charge on any atom is 0.268 e. The molecule has 0 aliphatic heterocycles. The molecule has 0 bridgehead atoms.